The quantitative estimate of drug-likeness (QED) is 0.754. The van der Waals surface area contributed by atoms with Crippen LogP contribution in [0, 0.1) is 6.92 Å². The van der Waals surface area contributed by atoms with Gasteiger partial charge in [0.25, 0.3) is 0 Å². The number of fused-ring (bicyclic) bond motifs is 1. The van der Waals surface area contributed by atoms with E-state index in [9.17, 15) is 0 Å². The molecule has 0 radical (unpaired) electrons. The van der Waals surface area contributed by atoms with Gasteiger partial charge in [0.15, 0.2) is 0 Å². The van der Waals surface area contributed by atoms with Crippen LogP contribution in [0.25, 0.3) is 11.0 Å². The van der Waals surface area contributed by atoms with Gasteiger partial charge < -0.3 is 4.98 Å². The van der Waals surface area contributed by atoms with Crippen molar-refractivity contribution < 1.29 is 0 Å². The Labute approximate surface area is 114 Å². The van der Waals surface area contributed by atoms with Crippen LogP contribution < -0.4 is 0 Å². The third-order valence-electron chi connectivity index (χ3n) is 2.96. The van der Waals surface area contributed by atoms with E-state index >= 15 is 0 Å². The number of nitrogens with one attached hydrogen (secondary N) is 1. The van der Waals surface area contributed by atoms with Gasteiger partial charge in [0.2, 0.25) is 0 Å². The fraction of sp³-hybridized carbons (Fsp3) is 0.133. The Morgan fingerprint density at radius 3 is 2.89 bits per heavy atom. The average Bonchev–Trinajstić information content (AvgIpc) is 2.68. The molecule has 0 saturated carbocycles. The van der Waals surface area contributed by atoms with Gasteiger partial charge in [0, 0.05) is 21.7 Å². The molecule has 18 heavy (non-hydrogen) atoms. The fourth-order valence-electron chi connectivity index (χ4n) is 2.18. The van der Waals surface area contributed by atoms with Crippen LogP contribution in [0.15, 0.2) is 47.1 Å². The van der Waals surface area contributed by atoms with Gasteiger partial charge in [-0.1, -0.05) is 28.1 Å². The zero-order chi connectivity index (χ0) is 12.5. The van der Waals surface area contributed by atoms with Crippen molar-refractivity contribution in [3.63, 3.8) is 0 Å². The van der Waals surface area contributed by atoms with Crippen molar-refractivity contribution in [1.82, 2.24) is 9.97 Å². The lowest BCUT2D eigenvalue weighted by molar-refractivity contribution is 1.15. The Bertz CT molecular complexity index is 701. The molecule has 0 saturated heterocycles. The normalized spacial score (nSPS) is 11.0. The van der Waals surface area contributed by atoms with E-state index in [0.717, 1.165) is 22.2 Å². The lowest BCUT2D eigenvalue weighted by Gasteiger charge is -2.02. The van der Waals surface area contributed by atoms with Crippen LogP contribution in [0.1, 0.15) is 16.8 Å². The number of halogens is 1. The van der Waals surface area contributed by atoms with Gasteiger partial charge in [0.05, 0.1) is 0 Å². The lowest BCUT2D eigenvalue weighted by Crippen LogP contribution is -1.89. The lowest BCUT2D eigenvalue weighted by atomic mass is 10.1. The van der Waals surface area contributed by atoms with E-state index in [1.807, 2.05) is 12.3 Å². The molecule has 2 aromatic heterocycles. The summed E-state index contributed by atoms with van der Waals surface area (Å²) >= 11 is 3.50. The zero-order valence-corrected chi connectivity index (χ0v) is 11.7. The fourth-order valence-corrected chi connectivity index (χ4v) is 2.62. The Balaban J connectivity index is 1.94. The molecule has 90 valence electrons. The smallest absolute Gasteiger partial charge is 0.137 e. The Morgan fingerprint density at radius 1 is 1.17 bits per heavy atom. The number of pyridine rings is 1. The molecule has 1 aromatic carbocycles. The number of aryl methyl sites for hydroxylation is 1. The number of benzene rings is 1. The standard InChI is InChI=1S/C15H13BrN2/c1-10-5-13-7-12(9-17-15(13)18-10)6-11-3-2-4-14(16)8-11/h2-5,7-9H,6H2,1H3,(H,17,18). The highest BCUT2D eigenvalue weighted by atomic mass is 79.9. The Hall–Kier alpha value is -1.61. The topological polar surface area (TPSA) is 28.7 Å². The van der Waals surface area contributed by atoms with E-state index in [1.165, 1.54) is 16.5 Å². The predicted octanol–water partition coefficient (Wildman–Crippen LogP) is 4.22. The molecule has 0 fully saturated rings. The van der Waals surface area contributed by atoms with Gasteiger partial charge >= 0.3 is 0 Å². The van der Waals surface area contributed by atoms with Crippen LogP contribution in [-0.4, -0.2) is 9.97 Å². The maximum atomic E-state index is 4.45. The summed E-state index contributed by atoms with van der Waals surface area (Å²) < 4.78 is 1.12. The summed E-state index contributed by atoms with van der Waals surface area (Å²) in [6.07, 6.45) is 2.85. The van der Waals surface area contributed by atoms with Crippen molar-refractivity contribution in [2.45, 2.75) is 13.3 Å². The van der Waals surface area contributed by atoms with Crippen molar-refractivity contribution >= 4 is 27.0 Å². The first-order valence-corrected chi connectivity index (χ1v) is 6.69. The number of aromatic amines is 1. The van der Waals surface area contributed by atoms with E-state index in [1.54, 1.807) is 0 Å². The summed E-state index contributed by atoms with van der Waals surface area (Å²) in [5.74, 6) is 0. The van der Waals surface area contributed by atoms with Crippen molar-refractivity contribution in [2.75, 3.05) is 0 Å². The van der Waals surface area contributed by atoms with E-state index < -0.39 is 0 Å². The molecule has 1 N–H and O–H groups in total. The molecule has 0 unspecified atom stereocenters. The first kappa shape index (κ1) is 11.5. The van der Waals surface area contributed by atoms with Gasteiger partial charge in [-0.05, 0) is 48.7 Å². The minimum atomic E-state index is 0.909. The molecule has 3 rings (SSSR count). The van der Waals surface area contributed by atoms with Crippen molar-refractivity contribution in [3.05, 3.63) is 63.9 Å². The molecule has 2 heterocycles. The SMILES string of the molecule is Cc1cc2cc(Cc3cccc(Br)c3)cnc2[nH]1. The molecule has 0 aliphatic heterocycles. The number of nitrogens with zero attached hydrogens (tertiary/aromatic N) is 1. The van der Waals surface area contributed by atoms with Gasteiger partial charge in [-0.15, -0.1) is 0 Å². The maximum absolute atomic E-state index is 4.45. The Kier molecular flexibility index (Phi) is 2.92. The predicted molar refractivity (Wildman–Crippen MR) is 77.8 cm³/mol. The molecule has 0 aliphatic rings. The second kappa shape index (κ2) is 4.58. The van der Waals surface area contributed by atoms with Gasteiger partial charge in [-0.3, -0.25) is 0 Å². The van der Waals surface area contributed by atoms with Crippen LogP contribution in [0.3, 0.4) is 0 Å². The van der Waals surface area contributed by atoms with E-state index in [0.29, 0.717) is 0 Å². The van der Waals surface area contributed by atoms with Crippen LogP contribution in [0.2, 0.25) is 0 Å². The van der Waals surface area contributed by atoms with Crippen LogP contribution in [-0.2, 0) is 6.42 Å². The number of aromatic nitrogens is 2. The third kappa shape index (κ3) is 2.31. The van der Waals surface area contributed by atoms with Crippen LogP contribution >= 0.6 is 15.9 Å². The molecule has 0 aliphatic carbocycles. The molecule has 0 spiro atoms. The first-order chi connectivity index (χ1) is 8.70. The first-order valence-electron chi connectivity index (χ1n) is 5.89. The summed E-state index contributed by atoms with van der Waals surface area (Å²) in [5, 5.41) is 1.18. The summed E-state index contributed by atoms with van der Waals surface area (Å²) in [7, 11) is 0. The zero-order valence-electron chi connectivity index (χ0n) is 10.1. The monoisotopic (exact) mass is 300 g/mol. The minimum absolute atomic E-state index is 0.909. The highest BCUT2D eigenvalue weighted by Gasteiger charge is 2.02. The highest BCUT2D eigenvalue weighted by Crippen LogP contribution is 2.18. The van der Waals surface area contributed by atoms with Crippen LogP contribution in [0.4, 0.5) is 0 Å². The van der Waals surface area contributed by atoms with Crippen molar-refractivity contribution in [2.24, 2.45) is 0 Å². The number of H-pyrrole nitrogens is 1. The maximum Gasteiger partial charge on any atom is 0.137 e. The largest absolute Gasteiger partial charge is 0.344 e. The highest BCUT2D eigenvalue weighted by molar-refractivity contribution is 9.10. The molecule has 3 heteroatoms. The molecule has 0 atom stereocenters. The van der Waals surface area contributed by atoms with Crippen LogP contribution in [0.5, 0.6) is 0 Å². The van der Waals surface area contributed by atoms with E-state index in [4.69, 9.17) is 0 Å². The summed E-state index contributed by atoms with van der Waals surface area (Å²) in [5.41, 5.74) is 4.64. The molecular formula is C15H13BrN2. The second-order valence-electron chi connectivity index (χ2n) is 4.54. The summed E-state index contributed by atoms with van der Waals surface area (Å²) in [4.78, 5) is 7.69. The number of rotatable bonds is 2. The van der Waals surface area contributed by atoms with Crippen molar-refractivity contribution in [1.29, 1.82) is 0 Å². The minimum Gasteiger partial charge on any atom is -0.344 e. The molecule has 0 amide bonds. The second-order valence-corrected chi connectivity index (χ2v) is 5.46. The van der Waals surface area contributed by atoms with E-state index in [-0.39, 0.29) is 0 Å². The van der Waals surface area contributed by atoms with E-state index in [2.05, 4.69) is 63.2 Å². The Morgan fingerprint density at radius 2 is 2.06 bits per heavy atom. The summed E-state index contributed by atoms with van der Waals surface area (Å²) in [6.45, 7) is 2.05. The molecule has 3 aromatic rings. The molecule has 0 bridgehead atoms. The van der Waals surface area contributed by atoms with Gasteiger partial charge in [-0.2, -0.15) is 0 Å². The molecular weight excluding hydrogens is 288 g/mol. The van der Waals surface area contributed by atoms with Gasteiger partial charge in [-0.25, -0.2) is 4.98 Å². The molecule has 2 nitrogen and oxygen atoms in total. The van der Waals surface area contributed by atoms with Gasteiger partial charge in [0.1, 0.15) is 5.65 Å². The number of hydrogen-bond donors (Lipinski definition) is 1. The average molecular weight is 301 g/mol. The third-order valence-corrected chi connectivity index (χ3v) is 3.45. The number of hydrogen-bond acceptors (Lipinski definition) is 1. The van der Waals surface area contributed by atoms with Crippen molar-refractivity contribution in [3.8, 4) is 0 Å². The summed E-state index contributed by atoms with van der Waals surface area (Å²) in [6, 6.07) is 12.7.